The molecule has 0 unspecified atom stereocenters. The van der Waals surface area contributed by atoms with Crippen LogP contribution in [-0.2, 0) is 16.1 Å². The van der Waals surface area contributed by atoms with E-state index in [1.165, 1.54) is 11.8 Å². The second kappa shape index (κ2) is 12.5. The molecule has 1 aliphatic rings. The first kappa shape index (κ1) is 28.4. The monoisotopic (exact) mass is 548 g/mol. The van der Waals surface area contributed by atoms with Gasteiger partial charge in [-0.25, -0.2) is 9.97 Å². The maximum atomic E-state index is 14.1. The number of carbonyl (C=O) groups is 2. The Hall–Kier alpha value is -3.59. The Bertz CT molecular complexity index is 1320. The largest absolute Gasteiger partial charge is 0.497 e. The topological polar surface area (TPSA) is 93.7 Å². The molecule has 1 aromatic heterocycles. The molecule has 0 atom stereocenters. The van der Waals surface area contributed by atoms with Crippen molar-refractivity contribution in [2.75, 3.05) is 25.3 Å². The van der Waals surface area contributed by atoms with E-state index in [0.29, 0.717) is 41.7 Å². The molecule has 2 aromatic carbocycles. The molecular weight excluding hydrogens is 512 g/mol. The molecule has 1 N–H and O–H groups in total. The maximum Gasteiger partial charge on any atom is 0.250 e. The highest BCUT2D eigenvalue weighted by molar-refractivity contribution is 7.99. The van der Waals surface area contributed by atoms with E-state index >= 15 is 0 Å². The zero-order chi connectivity index (χ0) is 28.0. The van der Waals surface area contributed by atoms with Crippen molar-refractivity contribution in [1.82, 2.24) is 14.9 Å². The van der Waals surface area contributed by atoms with Crippen LogP contribution in [0.15, 0.2) is 53.7 Å². The second-order valence-corrected chi connectivity index (χ2v) is 10.8. The molecule has 2 amide bonds. The summed E-state index contributed by atoms with van der Waals surface area (Å²) in [6.07, 6.45) is 2.88. The number of nitrogens with zero attached hydrogens (tertiary/aromatic N) is 3. The van der Waals surface area contributed by atoms with Crippen LogP contribution < -0.4 is 14.8 Å². The van der Waals surface area contributed by atoms with Gasteiger partial charge in [0.2, 0.25) is 11.8 Å². The number of aromatic nitrogens is 2. The van der Waals surface area contributed by atoms with Crippen LogP contribution >= 0.6 is 11.8 Å². The van der Waals surface area contributed by atoms with Gasteiger partial charge >= 0.3 is 0 Å². The Morgan fingerprint density at radius 2 is 1.67 bits per heavy atom. The maximum absolute atomic E-state index is 14.1. The van der Waals surface area contributed by atoms with Gasteiger partial charge < -0.3 is 19.7 Å². The quantitative estimate of drug-likeness (QED) is 0.264. The van der Waals surface area contributed by atoms with Gasteiger partial charge in [0.25, 0.3) is 0 Å². The van der Waals surface area contributed by atoms with Crippen LogP contribution in [0.5, 0.6) is 11.5 Å². The summed E-state index contributed by atoms with van der Waals surface area (Å²) in [5.74, 6) is 0.927. The summed E-state index contributed by atoms with van der Waals surface area (Å²) >= 11 is 1.30. The van der Waals surface area contributed by atoms with E-state index in [1.54, 1.807) is 37.3 Å². The second-order valence-electron chi connectivity index (χ2n) is 9.89. The molecule has 4 rings (SSSR count). The minimum Gasteiger partial charge on any atom is -0.497 e. The molecule has 1 saturated carbocycles. The summed E-state index contributed by atoms with van der Waals surface area (Å²) < 4.78 is 10.8. The number of rotatable bonds is 10. The van der Waals surface area contributed by atoms with Gasteiger partial charge in [0.15, 0.2) is 5.16 Å². The number of hydrogen-bond acceptors (Lipinski definition) is 7. The summed E-state index contributed by atoms with van der Waals surface area (Å²) in [6.45, 7) is 6.19. The van der Waals surface area contributed by atoms with Gasteiger partial charge in [0.05, 0.1) is 25.7 Å². The predicted octanol–water partition coefficient (Wildman–Crippen LogP) is 5.49. The lowest BCUT2D eigenvalue weighted by molar-refractivity contribution is -0.144. The van der Waals surface area contributed by atoms with Gasteiger partial charge in [-0.15, -0.1) is 0 Å². The molecule has 1 heterocycles. The number of aryl methyl sites for hydroxylation is 3. The molecule has 1 aliphatic carbocycles. The molecule has 0 spiro atoms. The number of thioether (sulfide) groups is 1. The molecule has 206 valence electrons. The van der Waals surface area contributed by atoms with E-state index in [0.717, 1.165) is 35.4 Å². The highest BCUT2D eigenvalue weighted by atomic mass is 32.2. The van der Waals surface area contributed by atoms with Crippen LogP contribution in [-0.4, -0.2) is 52.2 Å². The Morgan fingerprint density at radius 3 is 2.31 bits per heavy atom. The predicted molar refractivity (Wildman–Crippen MR) is 153 cm³/mol. The van der Waals surface area contributed by atoms with Crippen LogP contribution in [0.2, 0.25) is 0 Å². The number of nitrogens with one attached hydrogen (secondary N) is 1. The number of benzene rings is 2. The average molecular weight is 549 g/mol. The molecule has 3 aromatic rings. The smallest absolute Gasteiger partial charge is 0.250 e. The van der Waals surface area contributed by atoms with Crippen LogP contribution in [0, 0.1) is 20.8 Å². The first-order valence-corrected chi connectivity index (χ1v) is 14.1. The van der Waals surface area contributed by atoms with Crippen LogP contribution in [0.4, 0.5) is 5.69 Å². The fraction of sp³-hybridized carbons (Fsp3) is 0.400. The highest BCUT2D eigenvalue weighted by Gasteiger charge is 2.48. The molecule has 9 heteroatoms. The third kappa shape index (κ3) is 6.53. The van der Waals surface area contributed by atoms with Crippen LogP contribution in [0.25, 0.3) is 0 Å². The Labute approximate surface area is 234 Å². The van der Waals surface area contributed by atoms with E-state index in [1.807, 2.05) is 51.1 Å². The SMILES string of the molecule is COc1ccc(NC(=O)C2(N(Cc3ccccc3C)C(=O)CSc3nc(C)cc(C)n3)CCCC2)c(OC)c1. The van der Waals surface area contributed by atoms with Crippen molar-refractivity contribution in [2.45, 2.75) is 63.7 Å². The summed E-state index contributed by atoms with van der Waals surface area (Å²) in [7, 11) is 3.13. The van der Waals surface area contributed by atoms with Gasteiger partial charge in [-0.2, -0.15) is 0 Å². The number of anilines is 1. The summed E-state index contributed by atoms with van der Waals surface area (Å²) in [5, 5.41) is 3.63. The van der Waals surface area contributed by atoms with Crippen molar-refractivity contribution in [2.24, 2.45) is 0 Å². The van der Waals surface area contributed by atoms with Crippen molar-refractivity contribution in [3.05, 3.63) is 71.0 Å². The van der Waals surface area contributed by atoms with Crippen molar-refractivity contribution in [3.8, 4) is 11.5 Å². The Balaban J connectivity index is 1.66. The van der Waals surface area contributed by atoms with E-state index < -0.39 is 5.54 Å². The lowest BCUT2D eigenvalue weighted by Gasteiger charge is -2.40. The Kier molecular flexibility index (Phi) is 9.12. The summed E-state index contributed by atoms with van der Waals surface area (Å²) in [4.78, 5) is 38.8. The molecular formula is C30H36N4O4S. The number of amides is 2. The zero-order valence-electron chi connectivity index (χ0n) is 23.2. The van der Waals surface area contributed by atoms with Crippen molar-refractivity contribution in [1.29, 1.82) is 0 Å². The molecule has 0 aliphatic heterocycles. The molecule has 0 bridgehead atoms. The van der Waals surface area contributed by atoms with Crippen LogP contribution in [0.3, 0.4) is 0 Å². The molecule has 0 saturated heterocycles. The lowest BCUT2D eigenvalue weighted by atomic mass is 9.92. The minimum absolute atomic E-state index is 0.121. The summed E-state index contributed by atoms with van der Waals surface area (Å²) in [5.41, 5.74) is 3.35. The average Bonchev–Trinajstić information content (AvgIpc) is 3.42. The molecule has 8 nitrogen and oxygen atoms in total. The fourth-order valence-corrected chi connectivity index (χ4v) is 5.94. The van der Waals surface area contributed by atoms with Gasteiger partial charge in [0, 0.05) is 24.0 Å². The Morgan fingerprint density at radius 1 is 0.974 bits per heavy atom. The highest BCUT2D eigenvalue weighted by Crippen LogP contribution is 2.39. The third-order valence-corrected chi connectivity index (χ3v) is 8.04. The van der Waals surface area contributed by atoms with Gasteiger partial charge in [0.1, 0.15) is 17.0 Å². The van der Waals surface area contributed by atoms with Gasteiger partial charge in [-0.05, 0) is 62.9 Å². The van der Waals surface area contributed by atoms with E-state index in [-0.39, 0.29) is 17.6 Å². The normalized spacial score (nSPS) is 14.1. The van der Waals surface area contributed by atoms with Crippen LogP contribution in [0.1, 0.15) is 48.2 Å². The number of ether oxygens (including phenoxy) is 2. The van der Waals surface area contributed by atoms with Crippen molar-refractivity contribution < 1.29 is 19.1 Å². The molecule has 1 fully saturated rings. The first-order chi connectivity index (χ1) is 18.8. The van der Waals surface area contributed by atoms with E-state index in [4.69, 9.17) is 9.47 Å². The number of carbonyl (C=O) groups excluding carboxylic acids is 2. The molecule has 0 radical (unpaired) electrons. The van der Waals surface area contributed by atoms with Gasteiger partial charge in [-0.1, -0.05) is 48.9 Å². The summed E-state index contributed by atoms with van der Waals surface area (Å²) in [6, 6.07) is 15.2. The number of methoxy groups -OCH3 is 2. The third-order valence-electron chi connectivity index (χ3n) is 7.20. The zero-order valence-corrected chi connectivity index (χ0v) is 24.1. The molecule has 39 heavy (non-hydrogen) atoms. The van der Waals surface area contributed by atoms with Crippen molar-refractivity contribution >= 4 is 29.3 Å². The van der Waals surface area contributed by atoms with E-state index in [2.05, 4.69) is 15.3 Å². The fourth-order valence-electron chi connectivity index (χ4n) is 5.12. The minimum atomic E-state index is -0.992. The van der Waals surface area contributed by atoms with Crippen molar-refractivity contribution in [3.63, 3.8) is 0 Å². The first-order valence-electron chi connectivity index (χ1n) is 13.1. The number of hydrogen-bond donors (Lipinski definition) is 1. The lowest BCUT2D eigenvalue weighted by Crippen LogP contribution is -2.57. The van der Waals surface area contributed by atoms with Gasteiger partial charge in [-0.3, -0.25) is 9.59 Å². The standard InChI is InChI=1S/C30H36N4O4S/c1-20-10-6-7-11-23(20)18-34(27(35)19-39-29-31-21(2)16-22(3)32-29)30(14-8-9-15-30)28(36)33-25-13-12-24(37-4)17-26(25)38-5/h6-7,10-13,16-17H,8-9,14-15,18-19H2,1-5H3,(H,33,36). The van der Waals surface area contributed by atoms with E-state index in [9.17, 15) is 9.59 Å².